The molecule has 120 valence electrons. The van der Waals surface area contributed by atoms with Gasteiger partial charge in [0.2, 0.25) is 11.6 Å². The van der Waals surface area contributed by atoms with Crippen LogP contribution in [0.1, 0.15) is 5.56 Å². The molecule has 2 aromatic carbocycles. The van der Waals surface area contributed by atoms with E-state index in [2.05, 4.69) is 9.97 Å². The Kier molecular flexibility index (Phi) is 4.33. The Morgan fingerprint density at radius 2 is 1.62 bits per heavy atom. The fourth-order valence-corrected chi connectivity index (χ4v) is 2.42. The van der Waals surface area contributed by atoms with Crippen molar-refractivity contribution in [3.05, 3.63) is 82.7 Å². The van der Waals surface area contributed by atoms with Crippen molar-refractivity contribution >= 4 is 23.0 Å². The second kappa shape index (κ2) is 6.74. The first kappa shape index (κ1) is 15.4. The molecule has 0 saturated heterocycles. The molecule has 0 fully saturated rings. The van der Waals surface area contributed by atoms with Gasteiger partial charge in [0.15, 0.2) is 0 Å². The third-order valence-electron chi connectivity index (χ3n) is 3.52. The van der Waals surface area contributed by atoms with E-state index in [-0.39, 0.29) is 17.3 Å². The monoisotopic (exact) mass is 321 g/mol. The number of nitro groups is 1. The van der Waals surface area contributed by atoms with Crippen LogP contribution in [0.15, 0.2) is 67.0 Å². The molecule has 2 N–H and O–H groups in total. The van der Waals surface area contributed by atoms with Crippen molar-refractivity contribution in [3.8, 4) is 0 Å². The molecule has 0 unspecified atom stereocenters. The molecule has 7 heteroatoms. The van der Waals surface area contributed by atoms with Crippen molar-refractivity contribution in [3.63, 3.8) is 0 Å². The zero-order valence-electron chi connectivity index (χ0n) is 12.7. The lowest BCUT2D eigenvalue weighted by Gasteiger charge is -2.23. The van der Waals surface area contributed by atoms with E-state index in [4.69, 9.17) is 5.73 Å². The zero-order chi connectivity index (χ0) is 16.9. The maximum absolute atomic E-state index is 11.4. The summed E-state index contributed by atoms with van der Waals surface area (Å²) in [7, 11) is 0. The molecule has 3 aromatic rings. The van der Waals surface area contributed by atoms with Gasteiger partial charge in [-0.05, 0) is 17.7 Å². The minimum Gasteiger partial charge on any atom is -0.378 e. The molecule has 0 bridgehead atoms. The van der Waals surface area contributed by atoms with E-state index >= 15 is 0 Å². The lowest BCUT2D eigenvalue weighted by molar-refractivity contribution is -0.383. The van der Waals surface area contributed by atoms with E-state index in [0.717, 1.165) is 11.3 Å². The number of aromatic nitrogens is 2. The van der Waals surface area contributed by atoms with Crippen LogP contribution >= 0.6 is 0 Å². The van der Waals surface area contributed by atoms with Crippen LogP contribution in [0.2, 0.25) is 0 Å². The Bertz CT molecular complexity index is 840. The van der Waals surface area contributed by atoms with Crippen molar-refractivity contribution in [2.24, 2.45) is 0 Å². The summed E-state index contributed by atoms with van der Waals surface area (Å²) in [6, 6.07) is 19.0. The van der Waals surface area contributed by atoms with Crippen LogP contribution in [0.25, 0.3) is 0 Å². The van der Waals surface area contributed by atoms with E-state index in [9.17, 15) is 10.1 Å². The number of hydrogen-bond acceptors (Lipinski definition) is 6. The van der Waals surface area contributed by atoms with E-state index < -0.39 is 4.92 Å². The molecule has 0 aliphatic carbocycles. The number of anilines is 3. The van der Waals surface area contributed by atoms with Crippen LogP contribution in [0.3, 0.4) is 0 Å². The molecule has 0 spiro atoms. The van der Waals surface area contributed by atoms with Gasteiger partial charge in [-0.3, -0.25) is 10.1 Å². The Morgan fingerprint density at radius 3 is 2.25 bits per heavy atom. The predicted octanol–water partition coefficient (Wildman–Crippen LogP) is 3.31. The topological polar surface area (TPSA) is 98.2 Å². The molecule has 0 aliphatic heterocycles. The molecule has 24 heavy (non-hydrogen) atoms. The van der Waals surface area contributed by atoms with Crippen LogP contribution in [0.4, 0.5) is 23.0 Å². The van der Waals surface area contributed by atoms with E-state index in [1.54, 1.807) is 4.90 Å². The van der Waals surface area contributed by atoms with Gasteiger partial charge in [0, 0.05) is 12.2 Å². The van der Waals surface area contributed by atoms with Crippen molar-refractivity contribution in [1.82, 2.24) is 9.97 Å². The fourth-order valence-electron chi connectivity index (χ4n) is 2.42. The largest absolute Gasteiger partial charge is 0.378 e. The Labute approximate surface area is 138 Å². The van der Waals surface area contributed by atoms with Gasteiger partial charge in [-0.15, -0.1) is 0 Å². The van der Waals surface area contributed by atoms with Gasteiger partial charge < -0.3 is 10.6 Å². The molecule has 0 atom stereocenters. The fraction of sp³-hybridized carbons (Fsp3) is 0.0588. The third kappa shape index (κ3) is 3.14. The smallest absolute Gasteiger partial charge is 0.353 e. The summed E-state index contributed by atoms with van der Waals surface area (Å²) in [4.78, 5) is 20.5. The summed E-state index contributed by atoms with van der Waals surface area (Å²) in [5.41, 5.74) is 7.19. The van der Waals surface area contributed by atoms with Gasteiger partial charge in [-0.25, -0.2) is 9.97 Å². The van der Waals surface area contributed by atoms with E-state index in [1.807, 2.05) is 60.7 Å². The second-order valence-electron chi connectivity index (χ2n) is 5.10. The molecular weight excluding hydrogens is 306 g/mol. The minimum absolute atomic E-state index is 0.154. The Hall–Kier alpha value is -3.48. The predicted molar refractivity (Wildman–Crippen MR) is 91.8 cm³/mol. The standard InChI is InChI=1S/C17H15N5O2/c18-16-15(22(23)24)17(20-12-19-16)21(14-9-5-2-6-10-14)11-13-7-3-1-4-8-13/h1-10,12H,11H2,(H2,18,19,20). The van der Waals surface area contributed by atoms with Crippen molar-refractivity contribution < 1.29 is 4.92 Å². The maximum atomic E-state index is 11.4. The number of benzene rings is 2. The second-order valence-corrected chi connectivity index (χ2v) is 5.10. The molecule has 0 aliphatic rings. The van der Waals surface area contributed by atoms with Gasteiger partial charge >= 0.3 is 5.69 Å². The first-order chi connectivity index (χ1) is 11.7. The van der Waals surface area contributed by atoms with Crippen LogP contribution < -0.4 is 10.6 Å². The van der Waals surface area contributed by atoms with Gasteiger partial charge in [-0.2, -0.15) is 0 Å². The van der Waals surface area contributed by atoms with Gasteiger partial charge in [-0.1, -0.05) is 48.5 Å². The average Bonchev–Trinajstić information content (AvgIpc) is 2.61. The SMILES string of the molecule is Nc1ncnc(N(Cc2ccccc2)c2ccccc2)c1[N+](=O)[O-]. The van der Waals surface area contributed by atoms with Crippen LogP contribution in [-0.4, -0.2) is 14.9 Å². The number of rotatable bonds is 5. The van der Waals surface area contributed by atoms with Crippen molar-refractivity contribution in [2.45, 2.75) is 6.54 Å². The number of para-hydroxylation sites is 1. The quantitative estimate of drug-likeness (QED) is 0.572. The summed E-state index contributed by atoms with van der Waals surface area (Å²) in [5.74, 6) is 0.0153. The number of nitrogens with two attached hydrogens (primary N) is 1. The highest BCUT2D eigenvalue weighted by molar-refractivity contribution is 5.74. The number of hydrogen-bond donors (Lipinski definition) is 1. The summed E-state index contributed by atoms with van der Waals surface area (Å²) < 4.78 is 0. The van der Waals surface area contributed by atoms with Gasteiger partial charge in [0.25, 0.3) is 0 Å². The number of nitrogens with zero attached hydrogens (tertiary/aromatic N) is 4. The highest BCUT2D eigenvalue weighted by Crippen LogP contribution is 2.35. The molecule has 0 radical (unpaired) electrons. The van der Waals surface area contributed by atoms with Crippen LogP contribution in [0.5, 0.6) is 0 Å². The third-order valence-corrected chi connectivity index (χ3v) is 3.52. The molecule has 7 nitrogen and oxygen atoms in total. The minimum atomic E-state index is -0.550. The first-order valence-corrected chi connectivity index (χ1v) is 7.28. The summed E-state index contributed by atoms with van der Waals surface area (Å²) >= 11 is 0. The van der Waals surface area contributed by atoms with Gasteiger partial charge in [0.1, 0.15) is 6.33 Å². The molecule has 1 aromatic heterocycles. The zero-order valence-corrected chi connectivity index (χ0v) is 12.7. The van der Waals surface area contributed by atoms with Crippen molar-refractivity contribution in [2.75, 3.05) is 10.6 Å². The Morgan fingerprint density at radius 1 is 1.00 bits per heavy atom. The molecule has 0 amide bonds. The molecular formula is C17H15N5O2. The first-order valence-electron chi connectivity index (χ1n) is 7.28. The summed E-state index contributed by atoms with van der Waals surface area (Å²) in [6.07, 6.45) is 1.23. The molecule has 1 heterocycles. The lowest BCUT2D eigenvalue weighted by Crippen LogP contribution is -2.20. The highest BCUT2D eigenvalue weighted by Gasteiger charge is 2.26. The maximum Gasteiger partial charge on any atom is 0.353 e. The Balaban J connectivity index is 2.12. The van der Waals surface area contributed by atoms with Crippen LogP contribution in [0, 0.1) is 10.1 Å². The van der Waals surface area contributed by atoms with Crippen molar-refractivity contribution in [1.29, 1.82) is 0 Å². The summed E-state index contributed by atoms with van der Waals surface area (Å²) in [6.45, 7) is 0.419. The average molecular weight is 321 g/mol. The van der Waals surface area contributed by atoms with Crippen LogP contribution in [-0.2, 0) is 6.54 Å². The highest BCUT2D eigenvalue weighted by atomic mass is 16.6. The van der Waals surface area contributed by atoms with E-state index in [1.165, 1.54) is 6.33 Å². The summed E-state index contributed by atoms with van der Waals surface area (Å²) in [5, 5.41) is 11.4. The number of nitrogen functional groups attached to an aromatic ring is 1. The molecule has 3 rings (SSSR count). The normalized spacial score (nSPS) is 10.3. The van der Waals surface area contributed by atoms with Gasteiger partial charge in [0.05, 0.1) is 4.92 Å². The lowest BCUT2D eigenvalue weighted by atomic mass is 10.2. The van der Waals surface area contributed by atoms with E-state index in [0.29, 0.717) is 6.54 Å². The molecule has 0 saturated carbocycles.